The van der Waals surface area contributed by atoms with E-state index in [9.17, 15) is 22.0 Å². The Morgan fingerprint density at radius 3 is 2.17 bits per heavy atom. The molecule has 0 amide bonds. The van der Waals surface area contributed by atoms with Crippen LogP contribution in [0, 0.1) is 0 Å². The summed E-state index contributed by atoms with van der Waals surface area (Å²) in [6.45, 7) is 1.26. The van der Waals surface area contributed by atoms with E-state index in [1.165, 1.54) is 0 Å². The van der Waals surface area contributed by atoms with Crippen molar-refractivity contribution in [2.75, 3.05) is 6.67 Å². The van der Waals surface area contributed by atoms with E-state index in [-0.39, 0.29) is 0 Å². The van der Waals surface area contributed by atoms with Crippen molar-refractivity contribution in [3.8, 4) is 0 Å². The molecular formula is C7H9F5. The van der Waals surface area contributed by atoms with Gasteiger partial charge in [-0.25, -0.2) is 22.0 Å². The van der Waals surface area contributed by atoms with Gasteiger partial charge in [-0.05, 0) is 0 Å². The molecule has 0 fully saturated rings. The van der Waals surface area contributed by atoms with Crippen LogP contribution in [0.5, 0.6) is 0 Å². The number of rotatable bonds is 5. The molecule has 0 heterocycles. The summed E-state index contributed by atoms with van der Waals surface area (Å²) in [4.78, 5) is 0. The third-order valence-electron chi connectivity index (χ3n) is 1.27. The Hall–Kier alpha value is -0.610. The monoisotopic (exact) mass is 188 g/mol. The van der Waals surface area contributed by atoms with Crippen molar-refractivity contribution < 1.29 is 22.0 Å². The van der Waals surface area contributed by atoms with Crippen molar-refractivity contribution >= 4 is 0 Å². The topological polar surface area (TPSA) is 0 Å². The van der Waals surface area contributed by atoms with Gasteiger partial charge in [0.25, 0.3) is 5.92 Å². The minimum Gasteiger partial charge on any atom is -0.248 e. The number of alkyl halides is 5. The smallest absolute Gasteiger partial charge is 0.248 e. The van der Waals surface area contributed by atoms with Gasteiger partial charge in [0.05, 0.1) is 0 Å². The molecule has 0 N–H and O–H groups in total. The molecule has 0 nitrogen and oxygen atoms in total. The van der Waals surface area contributed by atoms with E-state index in [0.717, 1.165) is 0 Å². The summed E-state index contributed by atoms with van der Waals surface area (Å²) in [5.41, 5.74) is 0. The van der Waals surface area contributed by atoms with Crippen LogP contribution in [-0.2, 0) is 0 Å². The third-order valence-corrected chi connectivity index (χ3v) is 1.27. The van der Waals surface area contributed by atoms with Gasteiger partial charge in [0.1, 0.15) is 12.8 Å². The fourth-order valence-corrected chi connectivity index (χ4v) is 0.635. The van der Waals surface area contributed by atoms with Crippen LogP contribution in [0.15, 0.2) is 12.7 Å². The van der Waals surface area contributed by atoms with Crippen molar-refractivity contribution in [2.24, 2.45) is 0 Å². The molecule has 2 unspecified atom stereocenters. The van der Waals surface area contributed by atoms with E-state index in [4.69, 9.17) is 0 Å². The maximum atomic E-state index is 12.4. The van der Waals surface area contributed by atoms with Crippen LogP contribution in [0.25, 0.3) is 0 Å². The molecule has 0 saturated carbocycles. The summed E-state index contributed by atoms with van der Waals surface area (Å²) in [5, 5.41) is 0. The van der Waals surface area contributed by atoms with Crippen molar-refractivity contribution in [2.45, 2.75) is 24.7 Å². The molecule has 0 aromatic heterocycles. The Bertz CT molecular complexity index is 145. The van der Waals surface area contributed by atoms with Crippen molar-refractivity contribution in [1.82, 2.24) is 0 Å². The van der Waals surface area contributed by atoms with Gasteiger partial charge in [0, 0.05) is 6.42 Å². The highest BCUT2D eigenvalue weighted by Gasteiger charge is 2.40. The van der Waals surface area contributed by atoms with Gasteiger partial charge in [0.15, 0.2) is 6.17 Å². The Morgan fingerprint density at radius 1 is 1.33 bits per heavy atom. The summed E-state index contributed by atoms with van der Waals surface area (Å²) in [6.07, 6.45) is -6.03. The predicted octanol–water partition coefficient (Wildman–Crippen LogP) is 2.84. The molecule has 5 heteroatoms. The highest BCUT2D eigenvalue weighted by Crippen LogP contribution is 2.28. The molecule has 0 bridgehead atoms. The SMILES string of the molecule is C=CC(F)C(F)(F)CC(F)CF. The van der Waals surface area contributed by atoms with E-state index < -0.39 is 31.4 Å². The molecule has 72 valence electrons. The largest absolute Gasteiger partial charge is 0.285 e. The Morgan fingerprint density at radius 2 is 1.83 bits per heavy atom. The van der Waals surface area contributed by atoms with Crippen LogP contribution in [0.2, 0.25) is 0 Å². The summed E-state index contributed by atoms with van der Waals surface area (Å²) in [7, 11) is 0. The standard InChI is InChI=1S/C7H9F5/c1-2-6(10)7(11,12)3-5(9)4-8/h2,5-6H,1,3-4H2. The lowest BCUT2D eigenvalue weighted by Crippen LogP contribution is -2.32. The Kier molecular flexibility index (Phi) is 4.20. The maximum absolute atomic E-state index is 12.4. The fourth-order valence-electron chi connectivity index (χ4n) is 0.635. The number of hydrogen-bond donors (Lipinski definition) is 0. The number of hydrogen-bond acceptors (Lipinski definition) is 0. The lowest BCUT2D eigenvalue weighted by Gasteiger charge is -2.18. The molecule has 0 aromatic carbocycles. The number of halogens is 5. The van der Waals surface area contributed by atoms with Crippen LogP contribution in [0.1, 0.15) is 6.42 Å². The second kappa shape index (κ2) is 4.42. The zero-order chi connectivity index (χ0) is 9.78. The van der Waals surface area contributed by atoms with Crippen LogP contribution in [0.3, 0.4) is 0 Å². The first-order valence-electron chi connectivity index (χ1n) is 3.28. The lowest BCUT2D eigenvalue weighted by molar-refractivity contribution is -0.0769. The quantitative estimate of drug-likeness (QED) is 0.459. The van der Waals surface area contributed by atoms with E-state index in [1.807, 2.05) is 0 Å². The lowest BCUT2D eigenvalue weighted by atomic mass is 10.1. The normalized spacial score (nSPS) is 17.1. The first kappa shape index (κ1) is 11.4. The van der Waals surface area contributed by atoms with Gasteiger partial charge in [-0.15, -0.1) is 0 Å². The Balaban J connectivity index is 4.10. The minimum absolute atomic E-state index is 0.366. The molecule has 12 heavy (non-hydrogen) atoms. The molecule has 0 aliphatic heterocycles. The first-order chi connectivity index (χ1) is 5.44. The minimum atomic E-state index is -3.87. The molecule has 2 atom stereocenters. The average molecular weight is 188 g/mol. The van der Waals surface area contributed by atoms with Crippen molar-refractivity contribution in [3.63, 3.8) is 0 Å². The fraction of sp³-hybridized carbons (Fsp3) is 0.714. The van der Waals surface area contributed by atoms with Gasteiger partial charge in [-0.2, -0.15) is 0 Å². The zero-order valence-corrected chi connectivity index (χ0v) is 6.24. The average Bonchev–Trinajstić information content (AvgIpc) is 2.02. The van der Waals surface area contributed by atoms with E-state index >= 15 is 0 Å². The highest BCUT2D eigenvalue weighted by atomic mass is 19.3. The predicted molar refractivity (Wildman–Crippen MR) is 35.5 cm³/mol. The van der Waals surface area contributed by atoms with E-state index in [1.54, 1.807) is 0 Å². The molecule has 0 spiro atoms. The molecular weight excluding hydrogens is 179 g/mol. The summed E-state index contributed by atoms with van der Waals surface area (Å²) < 4.78 is 60.5. The van der Waals surface area contributed by atoms with Crippen molar-refractivity contribution in [1.29, 1.82) is 0 Å². The highest BCUT2D eigenvalue weighted by molar-refractivity contribution is 4.91. The molecule has 0 radical (unpaired) electrons. The second-order valence-corrected chi connectivity index (χ2v) is 2.35. The van der Waals surface area contributed by atoms with Crippen LogP contribution in [-0.4, -0.2) is 24.9 Å². The van der Waals surface area contributed by atoms with Gasteiger partial charge in [-0.1, -0.05) is 12.7 Å². The molecule has 0 rings (SSSR count). The third kappa shape index (κ3) is 3.19. The first-order valence-corrected chi connectivity index (χ1v) is 3.28. The molecule has 0 saturated heterocycles. The molecule has 0 aliphatic carbocycles. The summed E-state index contributed by atoms with van der Waals surface area (Å²) >= 11 is 0. The van der Waals surface area contributed by atoms with E-state index in [2.05, 4.69) is 6.58 Å². The van der Waals surface area contributed by atoms with Crippen LogP contribution >= 0.6 is 0 Å². The molecule has 0 aliphatic rings. The van der Waals surface area contributed by atoms with Gasteiger partial charge >= 0.3 is 0 Å². The maximum Gasteiger partial charge on any atom is 0.285 e. The Labute approximate surface area is 67.1 Å². The van der Waals surface area contributed by atoms with Crippen LogP contribution in [0.4, 0.5) is 22.0 Å². The number of allylic oxidation sites excluding steroid dienone is 1. The van der Waals surface area contributed by atoms with Gasteiger partial charge in [-0.3, -0.25) is 0 Å². The summed E-state index contributed by atoms with van der Waals surface area (Å²) in [5.74, 6) is -3.87. The van der Waals surface area contributed by atoms with Gasteiger partial charge in [0.2, 0.25) is 0 Å². The van der Waals surface area contributed by atoms with Gasteiger partial charge < -0.3 is 0 Å². The zero-order valence-electron chi connectivity index (χ0n) is 6.24. The van der Waals surface area contributed by atoms with Crippen molar-refractivity contribution in [3.05, 3.63) is 12.7 Å². The second-order valence-electron chi connectivity index (χ2n) is 2.35. The summed E-state index contributed by atoms with van der Waals surface area (Å²) in [6, 6.07) is 0. The van der Waals surface area contributed by atoms with Crippen LogP contribution < -0.4 is 0 Å². The van der Waals surface area contributed by atoms with E-state index in [0.29, 0.717) is 6.08 Å². The molecule has 0 aromatic rings.